The van der Waals surface area contributed by atoms with Crippen LogP contribution < -0.4 is 48.8 Å². The summed E-state index contributed by atoms with van der Waals surface area (Å²) in [6.45, 7) is -1.10. The number of phenolic OH excluding ortho intramolecular Hbond substituents is 1. The summed E-state index contributed by atoms with van der Waals surface area (Å²) in [5, 5.41) is 44.1. The van der Waals surface area contributed by atoms with Crippen molar-refractivity contribution in [2.75, 3.05) is 19.6 Å². The Bertz CT molecular complexity index is 2060. The van der Waals surface area contributed by atoms with E-state index in [1.165, 1.54) is 24.3 Å². The number of carboxylic acids is 1. The fourth-order valence-corrected chi connectivity index (χ4v) is 6.21. The number of carbonyl (C=O) groups excluding carboxylic acids is 7. The van der Waals surface area contributed by atoms with Gasteiger partial charge in [-0.3, -0.25) is 33.6 Å². The van der Waals surface area contributed by atoms with E-state index in [0.717, 1.165) is 0 Å². The Morgan fingerprint density at radius 3 is 1.56 bits per heavy atom. The Labute approximate surface area is 367 Å². The summed E-state index contributed by atoms with van der Waals surface area (Å²) in [7, 11) is 0. The van der Waals surface area contributed by atoms with Gasteiger partial charge in [-0.2, -0.15) is 0 Å². The van der Waals surface area contributed by atoms with Crippen LogP contribution in [-0.2, 0) is 57.6 Å². The number of carboxylic acid groups (broad SMARTS) is 1. The zero-order valence-corrected chi connectivity index (χ0v) is 34.8. The predicted molar refractivity (Wildman–Crippen MR) is 229 cm³/mol. The van der Waals surface area contributed by atoms with Crippen molar-refractivity contribution in [3.05, 3.63) is 112 Å². The van der Waals surface area contributed by atoms with Gasteiger partial charge >= 0.3 is 5.97 Å². The summed E-state index contributed by atoms with van der Waals surface area (Å²) in [6.07, 6.45) is -0.0217. The maximum absolute atomic E-state index is 14.1. The second-order valence-electron chi connectivity index (χ2n) is 14.6. The third-order valence-corrected chi connectivity index (χ3v) is 9.55. The number of aromatic hydroxyl groups is 1. The van der Waals surface area contributed by atoms with E-state index in [-0.39, 0.29) is 44.3 Å². The average Bonchev–Trinajstić information content (AvgIpc) is 3.26. The number of amides is 7. The first kappa shape index (κ1) is 50.7. The lowest BCUT2D eigenvalue weighted by molar-refractivity contribution is -0.548. The smallest absolute Gasteiger partial charge is 0.326 e. The number of nitrogens with one attached hydrogen (secondary N) is 7. The quantitative estimate of drug-likeness (QED) is 0.0218. The molecule has 0 aliphatic heterocycles. The second kappa shape index (κ2) is 26.7. The van der Waals surface area contributed by atoms with Gasteiger partial charge in [0.05, 0.1) is 13.1 Å². The van der Waals surface area contributed by atoms with Crippen LogP contribution in [-0.4, -0.2) is 112 Å². The molecule has 0 fully saturated rings. The van der Waals surface area contributed by atoms with Crippen molar-refractivity contribution in [2.45, 2.75) is 81.6 Å². The molecule has 5 atom stereocenters. The summed E-state index contributed by atoms with van der Waals surface area (Å²) in [4.78, 5) is 115. The third-order valence-electron chi connectivity index (χ3n) is 9.55. The number of aliphatic carboxylic acids is 1. The number of nitrogens with two attached hydrogens (primary N) is 2. The molecular weight excluding hydrogens is 837 g/mol. The molecule has 0 radical (unpaired) electrons. The van der Waals surface area contributed by atoms with Gasteiger partial charge in [0.25, 0.3) is 0 Å². The number of hydrazine groups is 1. The molecule has 7 amide bonds. The zero-order chi connectivity index (χ0) is 47.0. The number of rotatable bonds is 28. The number of hydrogen-bond acceptors (Lipinski definition) is 12. The Hall–Kier alpha value is -7.62. The molecule has 0 heterocycles. The molecular formula is C42H54N10O12. The molecule has 22 heteroatoms. The molecule has 0 aliphatic carbocycles. The average molecular weight is 891 g/mol. The van der Waals surface area contributed by atoms with Crippen LogP contribution in [0.3, 0.4) is 0 Å². The van der Waals surface area contributed by atoms with Gasteiger partial charge in [0.1, 0.15) is 29.9 Å². The zero-order valence-electron chi connectivity index (χ0n) is 34.8. The molecule has 0 saturated carbocycles. The fourth-order valence-electron chi connectivity index (χ4n) is 6.21. The van der Waals surface area contributed by atoms with Crippen molar-refractivity contribution in [3.63, 3.8) is 0 Å². The van der Waals surface area contributed by atoms with Crippen molar-refractivity contribution >= 4 is 47.3 Å². The first-order valence-electron chi connectivity index (χ1n) is 20.3. The molecule has 0 saturated heterocycles. The Morgan fingerprint density at radius 1 is 0.578 bits per heavy atom. The molecule has 13 N–H and O–H groups in total. The maximum atomic E-state index is 14.1. The highest BCUT2D eigenvalue weighted by Crippen LogP contribution is 2.12. The van der Waals surface area contributed by atoms with Crippen LogP contribution in [0.2, 0.25) is 0 Å². The van der Waals surface area contributed by atoms with E-state index in [1.807, 2.05) is 5.43 Å². The maximum Gasteiger partial charge on any atom is 0.326 e. The first-order valence-corrected chi connectivity index (χ1v) is 20.3. The van der Waals surface area contributed by atoms with Crippen LogP contribution in [0.15, 0.2) is 84.9 Å². The number of nitro groups is 1. The van der Waals surface area contributed by atoms with Crippen LogP contribution in [0.25, 0.3) is 0 Å². The molecule has 64 heavy (non-hydrogen) atoms. The monoisotopic (exact) mass is 890 g/mol. The SMILES string of the molecule is NCCCC[C@H](NC(=O)[C@H](Cc1ccccc1)NC(=O)[C@H](Cc1ccccc1)NC(=O)[C@H](CCC(N)=O)NC(=O)CNC(=O)CNC(=O)[C@H](Cc1ccc(O)cc1)N[N+](=O)[O-])C(=O)O. The highest BCUT2D eigenvalue weighted by atomic mass is 16.7. The molecule has 0 unspecified atom stereocenters. The van der Waals surface area contributed by atoms with E-state index in [1.54, 1.807) is 60.7 Å². The molecule has 3 rings (SSSR count). The number of unbranched alkanes of at least 4 members (excludes halogenated alkanes) is 1. The summed E-state index contributed by atoms with van der Waals surface area (Å²) >= 11 is 0. The van der Waals surface area contributed by atoms with Gasteiger partial charge in [-0.05, 0) is 61.1 Å². The van der Waals surface area contributed by atoms with Crippen LogP contribution >= 0.6 is 0 Å². The highest BCUT2D eigenvalue weighted by Gasteiger charge is 2.32. The molecule has 22 nitrogen and oxygen atoms in total. The fraction of sp³-hybridized carbons (Fsp3) is 0.381. The van der Waals surface area contributed by atoms with Gasteiger partial charge in [-0.15, -0.1) is 5.43 Å². The van der Waals surface area contributed by atoms with Crippen LogP contribution in [0.1, 0.15) is 48.8 Å². The summed E-state index contributed by atoms with van der Waals surface area (Å²) < 4.78 is 0. The van der Waals surface area contributed by atoms with Crippen molar-refractivity contribution in [3.8, 4) is 5.75 Å². The van der Waals surface area contributed by atoms with Crippen LogP contribution in [0.4, 0.5) is 0 Å². The van der Waals surface area contributed by atoms with Crippen molar-refractivity contribution < 1.29 is 53.6 Å². The largest absolute Gasteiger partial charge is 0.508 e. The molecule has 0 aromatic heterocycles. The van der Waals surface area contributed by atoms with Crippen LogP contribution in [0.5, 0.6) is 5.75 Å². The molecule has 344 valence electrons. The van der Waals surface area contributed by atoms with E-state index in [4.69, 9.17) is 11.5 Å². The number of benzene rings is 3. The van der Waals surface area contributed by atoms with Gasteiger partial charge in [-0.25, -0.2) is 14.9 Å². The second-order valence-corrected chi connectivity index (χ2v) is 14.6. The number of phenols is 1. The molecule has 0 bridgehead atoms. The van der Waals surface area contributed by atoms with Gasteiger partial charge in [0, 0.05) is 25.7 Å². The lowest BCUT2D eigenvalue weighted by Crippen LogP contribution is -2.59. The van der Waals surface area contributed by atoms with Gasteiger partial charge in [0.2, 0.25) is 41.4 Å². The molecule has 3 aromatic rings. The molecule has 0 aliphatic rings. The lowest BCUT2D eigenvalue weighted by Gasteiger charge is -2.26. The van der Waals surface area contributed by atoms with E-state index in [9.17, 15) is 58.7 Å². The Morgan fingerprint density at radius 2 is 1.06 bits per heavy atom. The predicted octanol–water partition coefficient (Wildman–Crippen LogP) is -1.78. The topological polar surface area (TPSA) is 356 Å². The van der Waals surface area contributed by atoms with E-state index < -0.39 is 95.7 Å². The molecule has 3 aromatic carbocycles. The standard InChI is InChI=1S/C42H54N10O12/c43-20-8-7-13-31(42(61)62)48-40(59)32(21-26-9-3-1-4-10-26)50-41(60)33(22-27-11-5-2-6-12-27)49-39(58)30(18-19-35(44)54)47-37(56)25-45-36(55)24-46-38(57)34(51-52(63)64)23-28-14-16-29(53)17-15-28/h1-6,9-12,14-17,30-34,51,53H,7-8,13,18-25,43H2,(H2,44,54)(H,45,55)(H,46,57)(H,47,56)(H,48,59)(H,49,58)(H,50,60)(H,61,62)/t30-,31-,32-,33-,34-/m0/s1. The van der Waals surface area contributed by atoms with E-state index >= 15 is 0 Å². The number of hydrogen-bond donors (Lipinski definition) is 11. The normalized spacial score (nSPS) is 13.0. The minimum Gasteiger partial charge on any atom is -0.508 e. The van der Waals surface area contributed by atoms with Gasteiger partial charge < -0.3 is 53.6 Å². The van der Waals surface area contributed by atoms with E-state index in [0.29, 0.717) is 36.1 Å². The Balaban J connectivity index is 1.73. The summed E-state index contributed by atoms with van der Waals surface area (Å²) in [6, 6.07) is 15.8. The molecule has 0 spiro atoms. The summed E-state index contributed by atoms with van der Waals surface area (Å²) in [5.74, 6) is -7.44. The van der Waals surface area contributed by atoms with Gasteiger partial charge in [0.15, 0.2) is 11.1 Å². The van der Waals surface area contributed by atoms with Crippen molar-refractivity contribution in [1.29, 1.82) is 0 Å². The number of primary amides is 1. The minimum atomic E-state index is -1.48. The number of carbonyl (C=O) groups is 8. The minimum absolute atomic E-state index is 0.0532. The lowest BCUT2D eigenvalue weighted by atomic mass is 10.0. The number of nitrogens with zero attached hydrogens (tertiary/aromatic N) is 1. The highest BCUT2D eigenvalue weighted by molar-refractivity contribution is 5.96. The summed E-state index contributed by atoms with van der Waals surface area (Å²) in [5.41, 5.74) is 14.4. The van der Waals surface area contributed by atoms with E-state index in [2.05, 4.69) is 31.9 Å². The van der Waals surface area contributed by atoms with Crippen LogP contribution in [0, 0.1) is 10.1 Å². The van der Waals surface area contributed by atoms with Gasteiger partial charge in [-0.1, -0.05) is 72.8 Å². The van der Waals surface area contributed by atoms with Crippen molar-refractivity contribution in [2.24, 2.45) is 11.5 Å². The van der Waals surface area contributed by atoms with Crippen molar-refractivity contribution in [1.82, 2.24) is 37.3 Å². The first-order chi connectivity index (χ1) is 30.5. The third kappa shape index (κ3) is 19.0. The Kier molecular flexibility index (Phi) is 21.1.